The molecule has 0 radical (unpaired) electrons. The van der Waals surface area contributed by atoms with Crippen LogP contribution in [0.1, 0.15) is 31.7 Å². The molecule has 6 aliphatic rings. The number of benzene rings is 1. The van der Waals surface area contributed by atoms with Crippen LogP contribution in [0.25, 0.3) is 0 Å². The first-order chi connectivity index (χ1) is 13.2. The molecule has 140 valence electrons. The van der Waals surface area contributed by atoms with E-state index in [4.69, 9.17) is 4.74 Å². The summed E-state index contributed by atoms with van der Waals surface area (Å²) in [6.45, 7) is 6.75. The number of amides is 1. The van der Waals surface area contributed by atoms with Crippen LogP contribution in [0.2, 0.25) is 0 Å². The summed E-state index contributed by atoms with van der Waals surface area (Å²) < 4.78 is 7.56. The van der Waals surface area contributed by atoms with Crippen molar-refractivity contribution in [2.45, 2.75) is 49.8 Å². The number of piperidine rings is 2. The second-order valence-corrected chi connectivity index (χ2v) is 9.72. The highest BCUT2D eigenvalue weighted by atomic mass is 16.5. The molecule has 4 nitrogen and oxygen atoms in total. The van der Waals surface area contributed by atoms with Gasteiger partial charge in [0, 0.05) is 24.4 Å². The van der Waals surface area contributed by atoms with Crippen molar-refractivity contribution in [3.8, 4) is 0 Å². The summed E-state index contributed by atoms with van der Waals surface area (Å²) in [7, 11) is 0. The van der Waals surface area contributed by atoms with Crippen LogP contribution < -0.4 is 4.90 Å². The molecule has 1 aliphatic carbocycles. The van der Waals surface area contributed by atoms with Crippen LogP contribution in [0.5, 0.6) is 0 Å². The summed E-state index contributed by atoms with van der Waals surface area (Å²) in [6.07, 6.45) is 5.56. The second kappa shape index (κ2) is 4.66. The highest BCUT2D eigenvalue weighted by Gasteiger charge is 2.75. The number of nitrogens with zero attached hydrogens (tertiary/aromatic N) is 2. The van der Waals surface area contributed by atoms with Crippen molar-refractivity contribution < 1.29 is 14.0 Å². The third-order valence-corrected chi connectivity index (χ3v) is 9.34. The Labute approximate surface area is 160 Å². The van der Waals surface area contributed by atoms with Crippen LogP contribution >= 0.6 is 0 Å². The van der Waals surface area contributed by atoms with Gasteiger partial charge in [-0.15, -0.1) is 0 Å². The molecule has 4 heteroatoms. The molecule has 1 amide bonds. The minimum Gasteiger partial charge on any atom is -0.373 e. The summed E-state index contributed by atoms with van der Waals surface area (Å²) in [4.78, 5) is 15.6. The Morgan fingerprint density at radius 2 is 2.22 bits per heavy atom. The Bertz CT molecular complexity index is 909. The van der Waals surface area contributed by atoms with Crippen molar-refractivity contribution in [3.05, 3.63) is 41.5 Å². The third-order valence-electron chi connectivity index (χ3n) is 9.34. The molecule has 1 aromatic rings. The lowest BCUT2D eigenvalue weighted by molar-refractivity contribution is -0.941. The maximum absolute atomic E-state index is 13.3. The SMILES string of the molecule is CC[N+]12CC[C@@]34c5ccccc5N5C(=O)C[C@@H]6OCC=C(C1)[C@H](C[C@@H]32)[C@@H]6[C@H]54. The molecule has 4 fully saturated rings. The number of anilines is 1. The van der Waals surface area contributed by atoms with Gasteiger partial charge in [-0.3, -0.25) is 4.79 Å². The Balaban J connectivity index is 1.56. The van der Waals surface area contributed by atoms with Crippen molar-refractivity contribution in [1.29, 1.82) is 0 Å². The molecule has 0 N–H and O–H groups in total. The van der Waals surface area contributed by atoms with Crippen LogP contribution in [-0.4, -0.2) is 54.8 Å². The lowest BCUT2D eigenvalue weighted by Gasteiger charge is -2.60. The number of likely N-dealkylation sites (N-methyl/N-ethyl adjacent to an activating group) is 1. The number of fused-ring (bicyclic) bond motifs is 2. The highest BCUT2D eigenvalue weighted by molar-refractivity contribution is 5.99. The van der Waals surface area contributed by atoms with Crippen LogP contribution in [0, 0.1) is 11.8 Å². The van der Waals surface area contributed by atoms with Gasteiger partial charge >= 0.3 is 0 Å². The van der Waals surface area contributed by atoms with Gasteiger partial charge in [-0.25, -0.2) is 0 Å². The van der Waals surface area contributed by atoms with E-state index >= 15 is 0 Å². The summed E-state index contributed by atoms with van der Waals surface area (Å²) in [5, 5.41) is 0. The van der Waals surface area contributed by atoms with Crippen LogP contribution in [-0.2, 0) is 14.9 Å². The van der Waals surface area contributed by atoms with Crippen molar-refractivity contribution in [2.24, 2.45) is 11.8 Å². The summed E-state index contributed by atoms with van der Waals surface area (Å²) in [6, 6.07) is 9.81. The van der Waals surface area contributed by atoms with Gasteiger partial charge in [0.15, 0.2) is 0 Å². The predicted octanol–water partition coefficient (Wildman–Crippen LogP) is 2.63. The zero-order valence-corrected chi connectivity index (χ0v) is 15.9. The van der Waals surface area contributed by atoms with Crippen molar-refractivity contribution in [3.63, 3.8) is 0 Å². The molecule has 5 aliphatic heterocycles. The van der Waals surface area contributed by atoms with E-state index in [1.54, 1.807) is 5.57 Å². The first kappa shape index (κ1) is 15.3. The average Bonchev–Trinajstić information content (AvgIpc) is 3.13. The van der Waals surface area contributed by atoms with E-state index < -0.39 is 0 Å². The van der Waals surface area contributed by atoms with Gasteiger partial charge in [-0.05, 0) is 30.0 Å². The number of carbonyl (C=O) groups excluding carboxylic acids is 1. The first-order valence-corrected chi connectivity index (χ1v) is 10.8. The van der Waals surface area contributed by atoms with E-state index in [0.717, 1.165) is 0 Å². The molecular weight excluding hydrogens is 336 g/mol. The van der Waals surface area contributed by atoms with Crippen molar-refractivity contribution in [2.75, 3.05) is 31.1 Å². The van der Waals surface area contributed by atoms with E-state index in [1.165, 1.54) is 48.2 Å². The van der Waals surface area contributed by atoms with Crippen molar-refractivity contribution in [1.82, 2.24) is 0 Å². The number of quaternary nitrogens is 1. The minimum atomic E-state index is 0.104. The quantitative estimate of drug-likeness (QED) is 0.567. The van der Waals surface area contributed by atoms with E-state index in [0.29, 0.717) is 36.9 Å². The number of rotatable bonds is 1. The zero-order valence-electron chi connectivity index (χ0n) is 15.9. The fourth-order valence-corrected chi connectivity index (χ4v) is 8.44. The number of hydrogen-bond acceptors (Lipinski definition) is 2. The van der Waals surface area contributed by atoms with Crippen molar-refractivity contribution >= 4 is 11.6 Å². The smallest absolute Gasteiger partial charge is 0.229 e. The number of carbonyl (C=O) groups is 1. The third kappa shape index (κ3) is 1.49. The molecule has 7 rings (SSSR count). The van der Waals surface area contributed by atoms with Gasteiger partial charge in [-0.2, -0.15) is 0 Å². The number of ether oxygens (including phenoxy) is 1. The largest absolute Gasteiger partial charge is 0.373 e. The van der Waals surface area contributed by atoms with Gasteiger partial charge in [0.25, 0.3) is 0 Å². The maximum Gasteiger partial charge on any atom is 0.229 e. The van der Waals surface area contributed by atoms with E-state index in [9.17, 15) is 4.79 Å². The van der Waals surface area contributed by atoms with E-state index in [-0.39, 0.29) is 17.4 Å². The Hall–Kier alpha value is -1.65. The van der Waals surface area contributed by atoms with Gasteiger partial charge in [0.2, 0.25) is 5.91 Å². The summed E-state index contributed by atoms with van der Waals surface area (Å²) in [5.41, 5.74) is 4.46. The van der Waals surface area contributed by atoms with Gasteiger partial charge < -0.3 is 14.1 Å². The molecule has 7 atom stereocenters. The molecule has 1 aromatic carbocycles. The Kier molecular flexibility index (Phi) is 2.64. The number of hydrogen-bond donors (Lipinski definition) is 0. The molecular formula is C23H27N2O2+. The summed E-state index contributed by atoms with van der Waals surface area (Å²) in [5.74, 6) is 1.37. The monoisotopic (exact) mass is 363 g/mol. The van der Waals surface area contributed by atoms with Crippen LogP contribution in [0.4, 0.5) is 5.69 Å². The average molecular weight is 363 g/mol. The molecule has 1 unspecified atom stereocenters. The van der Waals surface area contributed by atoms with Gasteiger partial charge in [0.1, 0.15) is 12.6 Å². The van der Waals surface area contributed by atoms with Crippen LogP contribution in [0.3, 0.4) is 0 Å². The van der Waals surface area contributed by atoms with E-state index in [2.05, 4.69) is 42.2 Å². The Morgan fingerprint density at radius 3 is 3.11 bits per heavy atom. The molecule has 5 heterocycles. The molecule has 1 spiro atoms. The zero-order chi connectivity index (χ0) is 18.0. The normalized spacial score (nSPS) is 48.2. The topological polar surface area (TPSA) is 29.5 Å². The van der Waals surface area contributed by atoms with Gasteiger partial charge in [-0.1, -0.05) is 24.3 Å². The van der Waals surface area contributed by atoms with E-state index in [1.807, 2.05) is 0 Å². The number of para-hydroxylation sites is 1. The molecule has 1 saturated carbocycles. The lowest BCUT2D eigenvalue weighted by Crippen LogP contribution is -2.72. The fraction of sp³-hybridized carbons (Fsp3) is 0.609. The molecule has 3 saturated heterocycles. The standard InChI is InChI=1S/C23H27N2O2/c1-2-25-9-8-23-16-5-3-4-6-17(16)24-20(26)12-18-21(22(23)24)15(11-19(23)25)14(13-25)7-10-27-18/h3-7,15,18-19,21-22H,2,8-13H2,1H3/q+1/t15-,18-,19-,21-,22-,23+,25?/m0/s1. The van der Waals surface area contributed by atoms with Gasteiger partial charge in [0.05, 0.1) is 43.7 Å². The predicted molar refractivity (Wildman–Crippen MR) is 102 cm³/mol. The Morgan fingerprint density at radius 1 is 1.33 bits per heavy atom. The second-order valence-electron chi connectivity index (χ2n) is 9.72. The summed E-state index contributed by atoms with van der Waals surface area (Å²) >= 11 is 0. The first-order valence-electron chi connectivity index (χ1n) is 10.8. The highest BCUT2D eigenvalue weighted by Crippen LogP contribution is 2.67. The maximum atomic E-state index is 13.3. The lowest BCUT2D eigenvalue weighted by atomic mass is 9.53. The molecule has 27 heavy (non-hydrogen) atoms. The molecule has 0 aromatic heterocycles. The van der Waals surface area contributed by atoms with Crippen LogP contribution in [0.15, 0.2) is 35.9 Å². The minimum absolute atomic E-state index is 0.104. The fourth-order valence-electron chi connectivity index (χ4n) is 8.44. The molecule has 2 bridgehead atoms.